The number of carbonyl (C=O) groups is 1. The van der Waals surface area contributed by atoms with Crippen molar-refractivity contribution in [1.82, 2.24) is 29.8 Å². The Balaban J connectivity index is 1.40. The molecule has 8 heteroatoms. The molecule has 2 aliphatic rings. The molecule has 4 rings (SSSR count). The van der Waals surface area contributed by atoms with Gasteiger partial charge in [0.1, 0.15) is 6.54 Å². The number of aromatic nitrogens is 4. The van der Waals surface area contributed by atoms with E-state index in [1.165, 1.54) is 49.5 Å². The minimum atomic E-state index is -0.290. The second kappa shape index (κ2) is 8.49. The molecule has 0 aromatic carbocycles. The molecule has 2 fully saturated rings. The number of piperidine rings is 2. The fraction of sp³-hybridized carbons (Fsp3) is 0.619. The Bertz CT molecular complexity index is 931. The van der Waals surface area contributed by atoms with Crippen molar-refractivity contribution in [2.45, 2.75) is 58.5 Å². The van der Waals surface area contributed by atoms with E-state index in [0.29, 0.717) is 24.3 Å². The normalized spacial score (nSPS) is 22.3. The summed E-state index contributed by atoms with van der Waals surface area (Å²) in [6.45, 7) is 6.81. The topological polar surface area (TPSA) is 85.0 Å². The lowest BCUT2D eigenvalue weighted by Crippen LogP contribution is -2.51. The van der Waals surface area contributed by atoms with Gasteiger partial charge in [0.25, 0.3) is 5.56 Å². The summed E-state index contributed by atoms with van der Waals surface area (Å²) in [4.78, 5) is 27.3. The SMILES string of the molecule is Cc1cc(C)n(-c2ccc(=O)n(CC(=O)NC[C@@H]3CCCN4CCCC[C@H]34)n2)n1. The van der Waals surface area contributed by atoms with Crippen molar-refractivity contribution in [2.75, 3.05) is 19.6 Å². The summed E-state index contributed by atoms with van der Waals surface area (Å²) in [7, 11) is 0. The van der Waals surface area contributed by atoms with E-state index < -0.39 is 0 Å². The van der Waals surface area contributed by atoms with E-state index in [9.17, 15) is 9.59 Å². The predicted octanol–water partition coefficient (Wildman–Crippen LogP) is 1.43. The average Bonchev–Trinajstić information content (AvgIpc) is 3.06. The van der Waals surface area contributed by atoms with Crippen molar-refractivity contribution in [3.05, 3.63) is 39.9 Å². The lowest BCUT2D eigenvalue weighted by atomic mass is 9.83. The van der Waals surface area contributed by atoms with Crippen LogP contribution in [-0.2, 0) is 11.3 Å². The molecule has 156 valence electrons. The Hall–Kier alpha value is -2.48. The molecule has 1 amide bonds. The zero-order valence-electron chi connectivity index (χ0n) is 17.3. The molecule has 2 atom stereocenters. The van der Waals surface area contributed by atoms with Crippen LogP contribution in [0.4, 0.5) is 0 Å². The number of nitrogens with zero attached hydrogens (tertiary/aromatic N) is 5. The summed E-state index contributed by atoms with van der Waals surface area (Å²) in [5, 5.41) is 11.8. The van der Waals surface area contributed by atoms with Crippen LogP contribution < -0.4 is 10.9 Å². The van der Waals surface area contributed by atoms with Crippen LogP contribution in [0.3, 0.4) is 0 Å². The molecule has 8 nitrogen and oxygen atoms in total. The molecule has 29 heavy (non-hydrogen) atoms. The number of nitrogens with one attached hydrogen (secondary N) is 1. The van der Waals surface area contributed by atoms with Gasteiger partial charge in [0.2, 0.25) is 5.91 Å². The van der Waals surface area contributed by atoms with Crippen molar-refractivity contribution in [3.63, 3.8) is 0 Å². The number of rotatable bonds is 5. The molecule has 2 aromatic rings. The van der Waals surface area contributed by atoms with Crippen molar-refractivity contribution in [1.29, 1.82) is 0 Å². The maximum Gasteiger partial charge on any atom is 0.267 e. The molecule has 2 aliphatic heterocycles. The maximum atomic E-state index is 12.5. The standard InChI is InChI=1S/C21H30N6O2/c1-15-12-16(2)27(23-15)19-8-9-21(29)26(24-19)14-20(28)22-13-17-6-5-11-25-10-4-3-7-18(17)25/h8-9,12,17-18H,3-7,10-11,13-14H2,1-2H3,(H,22,28)/t17-,18+/m0/s1. The third kappa shape index (κ3) is 4.42. The molecule has 0 unspecified atom stereocenters. The van der Waals surface area contributed by atoms with Crippen LogP contribution in [-0.4, -0.2) is 56.0 Å². The largest absolute Gasteiger partial charge is 0.354 e. The molecule has 0 bridgehead atoms. The van der Waals surface area contributed by atoms with Crippen LogP contribution in [0.5, 0.6) is 0 Å². The highest BCUT2D eigenvalue weighted by Gasteiger charge is 2.32. The Morgan fingerprint density at radius 2 is 1.97 bits per heavy atom. The highest BCUT2D eigenvalue weighted by atomic mass is 16.2. The molecular formula is C21H30N6O2. The monoisotopic (exact) mass is 398 g/mol. The number of carbonyl (C=O) groups excluding carboxylic acids is 1. The first-order chi connectivity index (χ1) is 14.0. The molecule has 0 aliphatic carbocycles. The van der Waals surface area contributed by atoms with Gasteiger partial charge < -0.3 is 10.2 Å². The first-order valence-corrected chi connectivity index (χ1v) is 10.6. The smallest absolute Gasteiger partial charge is 0.267 e. The molecule has 0 radical (unpaired) electrons. The predicted molar refractivity (Wildman–Crippen MR) is 110 cm³/mol. The molecule has 1 N–H and O–H groups in total. The van der Waals surface area contributed by atoms with Gasteiger partial charge in [-0.05, 0) is 70.7 Å². The van der Waals surface area contributed by atoms with E-state index in [1.807, 2.05) is 19.9 Å². The van der Waals surface area contributed by atoms with Gasteiger partial charge in [-0.2, -0.15) is 5.10 Å². The Kier molecular flexibility index (Phi) is 5.80. The zero-order valence-corrected chi connectivity index (χ0v) is 17.3. The molecule has 2 saturated heterocycles. The summed E-state index contributed by atoms with van der Waals surface area (Å²) in [5.41, 5.74) is 1.52. The van der Waals surface area contributed by atoms with Crippen molar-refractivity contribution in [2.24, 2.45) is 5.92 Å². The third-order valence-corrected chi connectivity index (χ3v) is 6.16. The molecule has 4 heterocycles. The molecule has 0 spiro atoms. The summed E-state index contributed by atoms with van der Waals surface area (Å²) in [6, 6.07) is 5.61. The first kappa shape index (κ1) is 19.8. The van der Waals surface area contributed by atoms with E-state index >= 15 is 0 Å². The maximum absolute atomic E-state index is 12.5. The summed E-state index contributed by atoms with van der Waals surface area (Å²) >= 11 is 0. The number of amides is 1. The van der Waals surface area contributed by atoms with E-state index in [-0.39, 0.29) is 18.0 Å². The minimum absolute atomic E-state index is 0.0763. The number of hydrogen-bond acceptors (Lipinski definition) is 5. The second-order valence-electron chi connectivity index (χ2n) is 8.33. The van der Waals surface area contributed by atoms with Crippen LogP contribution in [0, 0.1) is 19.8 Å². The van der Waals surface area contributed by atoms with Crippen LogP contribution in [0.1, 0.15) is 43.5 Å². The highest BCUT2D eigenvalue weighted by Crippen LogP contribution is 2.30. The molecular weight excluding hydrogens is 368 g/mol. The summed E-state index contributed by atoms with van der Waals surface area (Å²) in [6.07, 6.45) is 6.15. The number of aryl methyl sites for hydroxylation is 2. The molecule has 0 saturated carbocycles. The second-order valence-corrected chi connectivity index (χ2v) is 8.33. The Morgan fingerprint density at radius 1 is 1.14 bits per heavy atom. The van der Waals surface area contributed by atoms with Crippen molar-refractivity contribution in [3.8, 4) is 5.82 Å². The van der Waals surface area contributed by atoms with Gasteiger partial charge in [0, 0.05) is 24.3 Å². The average molecular weight is 399 g/mol. The molecule has 2 aromatic heterocycles. The fourth-order valence-electron chi connectivity index (χ4n) is 4.78. The van der Waals surface area contributed by atoms with Crippen LogP contribution in [0.2, 0.25) is 0 Å². The van der Waals surface area contributed by atoms with Gasteiger partial charge in [0.15, 0.2) is 5.82 Å². The van der Waals surface area contributed by atoms with Gasteiger partial charge in [-0.15, -0.1) is 5.10 Å². The van der Waals surface area contributed by atoms with Gasteiger partial charge in [-0.3, -0.25) is 9.59 Å². The number of fused-ring (bicyclic) bond motifs is 1. The van der Waals surface area contributed by atoms with Crippen LogP contribution >= 0.6 is 0 Å². The number of hydrogen-bond donors (Lipinski definition) is 1. The van der Waals surface area contributed by atoms with Crippen LogP contribution in [0.25, 0.3) is 5.82 Å². The first-order valence-electron chi connectivity index (χ1n) is 10.6. The fourth-order valence-corrected chi connectivity index (χ4v) is 4.78. The lowest BCUT2D eigenvalue weighted by molar-refractivity contribution is -0.122. The van der Waals surface area contributed by atoms with Crippen molar-refractivity contribution >= 4 is 5.91 Å². The van der Waals surface area contributed by atoms with E-state index in [4.69, 9.17) is 0 Å². The third-order valence-electron chi connectivity index (χ3n) is 6.16. The zero-order chi connectivity index (χ0) is 20.4. The summed E-state index contributed by atoms with van der Waals surface area (Å²) in [5.74, 6) is 0.866. The quantitative estimate of drug-likeness (QED) is 0.824. The van der Waals surface area contributed by atoms with Gasteiger partial charge in [-0.25, -0.2) is 9.36 Å². The Labute approximate surface area is 170 Å². The Morgan fingerprint density at radius 3 is 2.76 bits per heavy atom. The lowest BCUT2D eigenvalue weighted by Gasteiger charge is -2.44. The van der Waals surface area contributed by atoms with E-state index in [0.717, 1.165) is 17.8 Å². The van der Waals surface area contributed by atoms with Crippen LogP contribution in [0.15, 0.2) is 23.0 Å². The van der Waals surface area contributed by atoms with Crippen molar-refractivity contribution < 1.29 is 4.79 Å². The van der Waals surface area contributed by atoms with E-state index in [1.54, 1.807) is 10.7 Å². The van der Waals surface area contributed by atoms with Gasteiger partial charge >= 0.3 is 0 Å². The summed E-state index contributed by atoms with van der Waals surface area (Å²) < 4.78 is 2.90. The van der Waals surface area contributed by atoms with Gasteiger partial charge in [0.05, 0.1) is 5.69 Å². The van der Waals surface area contributed by atoms with E-state index in [2.05, 4.69) is 20.4 Å². The highest BCUT2D eigenvalue weighted by molar-refractivity contribution is 5.75. The van der Waals surface area contributed by atoms with Gasteiger partial charge in [-0.1, -0.05) is 6.42 Å². The minimum Gasteiger partial charge on any atom is -0.354 e.